The number of carbonyl (C=O) groups is 1. The highest BCUT2D eigenvalue weighted by Crippen LogP contribution is 2.24. The first kappa shape index (κ1) is 11.8. The normalized spacial score (nSPS) is 11.0. The molecule has 0 atom stereocenters. The van der Waals surface area contributed by atoms with Crippen molar-refractivity contribution in [1.82, 2.24) is 0 Å². The Morgan fingerprint density at radius 2 is 1.88 bits per heavy atom. The van der Waals surface area contributed by atoms with Crippen LogP contribution in [0.25, 0.3) is 10.8 Å². The largest absolute Gasteiger partial charge is 0.352 e. The number of benzene rings is 2. The van der Waals surface area contributed by atoms with Gasteiger partial charge in [0.15, 0.2) is 12.6 Å². The lowest BCUT2D eigenvalue weighted by molar-refractivity contribution is -0.105. The zero-order valence-electron chi connectivity index (χ0n) is 9.84. The van der Waals surface area contributed by atoms with E-state index in [0.717, 1.165) is 22.6 Å². The topological polar surface area (TPSA) is 35.5 Å². The summed E-state index contributed by atoms with van der Waals surface area (Å²) in [6, 6.07) is 11.5. The van der Waals surface area contributed by atoms with E-state index in [9.17, 15) is 4.79 Å². The van der Waals surface area contributed by atoms with Crippen LogP contribution in [-0.2, 0) is 9.47 Å². The van der Waals surface area contributed by atoms with E-state index in [1.807, 2.05) is 30.3 Å². The van der Waals surface area contributed by atoms with Crippen LogP contribution in [-0.4, -0.2) is 20.5 Å². The molecule has 0 bridgehead atoms. The number of rotatable bonds is 4. The van der Waals surface area contributed by atoms with Crippen molar-refractivity contribution in [3.63, 3.8) is 0 Å². The molecule has 0 radical (unpaired) electrons. The molecule has 0 spiro atoms. The van der Waals surface area contributed by atoms with Crippen molar-refractivity contribution >= 4 is 17.1 Å². The van der Waals surface area contributed by atoms with Crippen LogP contribution in [0, 0.1) is 0 Å². The number of carbonyl (C=O) groups excluding carboxylic acids is 1. The van der Waals surface area contributed by atoms with Gasteiger partial charge in [-0.3, -0.25) is 4.79 Å². The van der Waals surface area contributed by atoms with E-state index >= 15 is 0 Å². The van der Waals surface area contributed by atoms with Crippen molar-refractivity contribution in [2.24, 2.45) is 0 Å². The van der Waals surface area contributed by atoms with Crippen molar-refractivity contribution in [3.8, 4) is 0 Å². The average molecular weight is 230 g/mol. The van der Waals surface area contributed by atoms with Gasteiger partial charge in [-0.15, -0.1) is 0 Å². The highest BCUT2D eigenvalue weighted by atomic mass is 16.7. The minimum atomic E-state index is -0.404. The molecule has 2 aromatic carbocycles. The predicted octanol–water partition coefficient (Wildman–Crippen LogP) is 2.94. The average Bonchev–Trinajstić information content (AvgIpc) is 2.39. The summed E-state index contributed by atoms with van der Waals surface area (Å²) >= 11 is 0. The van der Waals surface area contributed by atoms with E-state index in [4.69, 9.17) is 9.47 Å². The SMILES string of the molecule is COC(OC)c1ccc2cccc(C=O)c2c1. The molecular weight excluding hydrogens is 216 g/mol. The summed E-state index contributed by atoms with van der Waals surface area (Å²) in [7, 11) is 3.17. The van der Waals surface area contributed by atoms with Gasteiger partial charge < -0.3 is 9.47 Å². The van der Waals surface area contributed by atoms with Crippen LogP contribution in [0.15, 0.2) is 36.4 Å². The molecule has 2 aromatic rings. The molecule has 0 aliphatic carbocycles. The Morgan fingerprint density at radius 3 is 2.53 bits per heavy atom. The Labute approximate surface area is 100.0 Å². The highest BCUT2D eigenvalue weighted by molar-refractivity contribution is 5.98. The molecule has 2 rings (SSSR count). The number of methoxy groups -OCH3 is 2. The molecule has 0 aliphatic rings. The summed E-state index contributed by atoms with van der Waals surface area (Å²) in [4.78, 5) is 11.0. The summed E-state index contributed by atoms with van der Waals surface area (Å²) in [5.41, 5.74) is 1.58. The van der Waals surface area contributed by atoms with Gasteiger partial charge in [0, 0.05) is 25.3 Å². The van der Waals surface area contributed by atoms with Crippen LogP contribution >= 0.6 is 0 Å². The molecule has 0 heterocycles. The van der Waals surface area contributed by atoms with Gasteiger partial charge in [-0.2, -0.15) is 0 Å². The van der Waals surface area contributed by atoms with E-state index in [1.54, 1.807) is 20.3 Å². The van der Waals surface area contributed by atoms with Crippen LogP contribution in [0.3, 0.4) is 0 Å². The quantitative estimate of drug-likeness (QED) is 0.598. The van der Waals surface area contributed by atoms with Gasteiger partial charge in [0.1, 0.15) is 0 Å². The number of aldehydes is 1. The minimum Gasteiger partial charge on any atom is -0.352 e. The van der Waals surface area contributed by atoms with Crippen LogP contribution in [0.1, 0.15) is 22.2 Å². The Bertz CT molecular complexity index is 530. The lowest BCUT2D eigenvalue weighted by Gasteiger charge is -2.14. The Morgan fingerprint density at radius 1 is 1.12 bits per heavy atom. The number of hydrogen-bond donors (Lipinski definition) is 0. The Kier molecular flexibility index (Phi) is 3.52. The summed E-state index contributed by atoms with van der Waals surface area (Å²) in [5.74, 6) is 0. The molecule has 0 aromatic heterocycles. The molecule has 0 aliphatic heterocycles. The third kappa shape index (κ3) is 2.20. The maximum Gasteiger partial charge on any atom is 0.183 e. The number of ether oxygens (including phenoxy) is 2. The van der Waals surface area contributed by atoms with Crippen LogP contribution in [0.4, 0.5) is 0 Å². The van der Waals surface area contributed by atoms with Crippen molar-refractivity contribution < 1.29 is 14.3 Å². The molecule has 0 N–H and O–H groups in total. The van der Waals surface area contributed by atoms with Crippen LogP contribution in [0.2, 0.25) is 0 Å². The monoisotopic (exact) mass is 230 g/mol. The molecule has 0 fully saturated rings. The van der Waals surface area contributed by atoms with Gasteiger partial charge in [0.25, 0.3) is 0 Å². The third-order valence-electron chi connectivity index (χ3n) is 2.77. The fraction of sp³-hybridized carbons (Fsp3) is 0.214. The van der Waals surface area contributed by atoms with Crippen LogP contribution in [0.5, 0.6) is 0 Å². The fourth-order valence-corrected chi connectivity index (χ4v) is 1.93. The standard InChI is InChI=1S/C14H14O3/c1-16-14(17-2)11-7-6-10-4-3-5-12(9-15)13(10)8-11/h3-9,14H,1-2H3. The smallest absolute Gasteiger partial charge is 0.183 e. The number of hydrogen-bond acceptors (Lipinski definition) is 3. The first-order valence-electron chi connectivity index (χ1n) is 5.33. The second-order valence-electron chi connectivity index (χ2n) is 3.75. The second kappa shape index (κ2) is 5.08. The summed E-state index contributed by atoms with van der Waals surface area (Å²) in [6.45, 7) is 0. The van der Waals surface area contributed by atoms with E-state index in [2.05, 4.69) is 0 Å². The zero-order valence-corrected chi connectivity index (χ0v) is 9.84. The third-order valence-corrected chi connectivity index (χ3v) is 2.77. The van der Waals surface area contributed by atoms with Gasteiger partial charge in [0.2, 0.25) is 0 Å². The van der Waals surface area contributed by atoms with E-state index in [0.29, 0.717) is 5.56 Å². The Balaban J connectivity index is 2.59. The fourth-order valence-electron chi connectivity index (χ4n) is 1.93. The van der Waals surface area contributed by atoms with Crippen molar-refractivity contribution in [2.75, 3.05) is 14.2 Å². The van der Waals surface area contributed by atoms with Crippen molar-refractivity contribution in [2.45, 2.75) is 6.29 Å². The van der Waals surface area contributed by atoms with Gasteiger partial charge in [-0.1, -0.05) is 30.3 Å². The molecular formula is C14H14O3. The second-order valence-corrected chi connectivity index (χ2v) is 3.75. The van der Waals surface area contributed by atoms with Gasteiger partial charge in [0.05, 0.1) is 0 Å². The molecule has 0 saturated heterocycles. The highest BCUT2D eigenvalue weighted by Gasteiger charge is 2.10. The van der Waals surface area contributed by atoms with Gasteiger partial charge >= 0.3 is 0 Å². The first-order valence-corrected chi connectivity index (χ1v) is 5.33. The van der Waals surface area contributed by atoms with E-state index < -0.39 is 6.29 Å². The molecule has 3 nitrogen and oxygen atoms in total. The van der Waals surface area contributed by atoms with Gasteiger partial charge in [-0.25, -0.2) is 0 Å². The van der Waals surface area contributed by atoms with Crippen LogP contribution < -0.4 is 0 Å². The number of fused-ring (bicyclic) bond motifs is 1. The molecule has 88 valence electrons. The van der Waals surface area contributed by atoms with Crippen molar-refractivity contribution in [1.29, 1.82) is 0 Å². The maximum atomic E-state index is 11.0. The van der Waals surface area contributed by atoms with E-state index in [1.165, 1.54) is 0 Å². The lowest BCUT2D eigenvalue weighted by atomic mass is 10.0. The van der Waals surface area contributed by atoms with Crippen molar-refractivity contribution in [3.05, 3.63) is 47.5 Å². The van der Waals surface area contributed by atoms with E-state index in [-0.39, 0.29) is 0 Å². The first-order chi connectivity index (χ1) is 8.30. The van der Waals surface area contributed by atoms with Gasteiger partial charge in [-0.05, 0) is 16.8 Å². The predicted molar refractivity (Wildman–Crippen MR) is 66.1 cm³/mol. The molecule has 17 heavy (non-hydrogen) atoms. The lowest BCUT2D eigenvalue weighted by Crippen LogP contribution is -2.03. The summed E-state index contributed by atoms with van der Waals surface area (Å²) in [6.07, 6.45) is 0.458. The molecule has 0 amide bonds. The zero-order chi connectivity index (χ0) is 12.3. The summed E-state index contributed by atoms with van der Waals surface area (Å²) < 4.78 is 10.4. The molecule has 3 heteroatoms. The molecule has 0 saturated carbocycles. The molecule has 0 unspecified atom stereocenters. The summed E-state index contributed by atoms with van der Waals surface area (Å²) in [5, 5.41) is 1.95. The Hall–Kier alpha value is -1.71. The minimum absolute atomic E-state index is 0.404. The maximum absolute atomic E-state index is 11.0.